The highest BCUT2D eigenvalue weighted by atomic mass is 16.5. The third-order valence-corrected chi connectivity index (χ3v) is 2.11. The summed E-state index contributed by atoms with van der Waals surface area (Å²) in [7, 11) is 1.52. The molecule has 0 saturated heterocycles. The Labute approximate surface area is 94.6 Å². The molecule has 0 heterocycles. The third-order valence-electron chi connectivity index (χ3n) is 2.11. The van der Waals surface area contributed by atoms with Gasteiger partial charge in [0.25, 0.3) is 5.91 Å². The zero-order valence-electron chi connectivity index (χ0n) is 9.45. The second-order valence-electron chi connectivity index (χ2n) is 3.41. The van der Waals surface area contributed by atoms with E-state index in [1.165, 1.54) is 14.0 Å². The lowest BCUT2D eigenvalue weighted by Crippen LogP contribution is -2.26. The number of ether oxygens (including phenoxy) is 1. The van der Waals surface area contributed by atoms with Gasteiger partial charge >= 0.3 is 0 Å². The van der Waals surface area contributed by atoms with E-state index in [1.54, 1.807) is 24.3 Å². The van der Waals surface area contributed by atoms with Gasteiger partial charge in [-0.25, -0.2) is 0 Å². The Bertz CT molecular complexity index is 388. The van der Waals surface area contributed by atoms with E-state index in [9.17, 15) is 9.59 Å². The molecule has 0 fully saturated rings. The first-order valence-corrected chi connectivity index (χ1v) is 5.06. The predicted octanol–water partition coefficient (Wildman–Crippen LogP) is 1.40. The third kappa shape index (κ3) is 3.38. The zero-order valence-corrected chi connectivity index (χ0v) is 9.45. The lowest BCUT2D eigenvalue weighted by atomic mass is 10.2. The molecule has 0 unspecified atom stereocenters. The summed E-state index contributed by atoms with van der Waals surface area (Å²) in [5, 5.41) is 2.67. The van der Waals surface area contributed by atoms with E-state index in [0.29, 0.717) is 24.3 Å². The molecule has 86 valence electrons. The summed E-state index contributed by atoms with van der Waals surface area (Å²) >= 11 is 0. The molecule has 1 N–H and O–H groups in total. The number of methoxy groups -OCH3 is 1. The number of hydrogen-bond donors (Lipinski definition) is 1. The van der Waals surface area contributed by atoms with Gasteiger partial charge in [-0.3, -0.25) is 9.59 Å². The maximum absolute atomic E-state index is 11.7. The van der Waals surface area contributed by atoms with Gasteiger partial charge in [0.05, 0.1) is 12.7 Å². The number of carbonyl (C=O) groups excluding carboxylic acids is 2. The van der Waals surface area contributed by atoms with Gasteiger partial charge in [-0.05, 0) is 19.1 Å². The van der Waals surface area contributed by atoms with Crippen LogP contribution in [0.2, 0.25) is 0 Å². The van der Waals surface area contributed by atoms with Gasteiger partial charge < -0.3 is 10.1 Å². The Hall–Kier alpha value is -1.84. The number of hydrogen-bond acceptors (Lipinski definition) is 3. The molecule has 0 spiro atoms. The van der Waals surface area contributed by atoms with E-state index in [4.69, 9.17) is 4.74 Å². The van der Waals surface area contributed by atoms with Crippen LogP contribution in [0.5, 0.6) is 5.75 Å². The van der Waals surface area contributed by atoms with Gasteiger partial charge in [0, 0.05) is 13.0 Å². The summed E-state index contributed by atoms with van der Waals surface area (Å²) in [5.74, 6) is 0.363. The van der Waals surface area contributed by atoms with E-state index in [-0.39, 0.29) is 11.7 Å². The quantitative estimate of drug-likeness (QED) is 0.817. The first-order valence-electron chi connectivity index (χ1n) is 5.06. The molecule has 0 aliphatic carbocycles. The molecule has 0 atom stereocenters. The van der Waals surface area contributed by atoms with Crippen molar-refractivity contribution >= 4 is 11.7 Å². The van der Waals surface area contributed by atoms with Crippen molar-refractivity contribution in [2.45, 2.75) is 13.3 Å². The summed E-state index contributed by atoms with van der Waals surface area (Å²) in [5.41, 5.74) is 0.480. The van der Waals surface area contributed by atoms with Crippen LogP contribution in [0.1, 0.15) is 23.7 Å². The first kappa shape index (κ1) is 12.2. The van der Waals surface area contributed by atoms with Crippen LogP contribution in [0.25, 0.3) is 0 Å². The van der Waals surface area contributed by atoms with Gasteiger partial charge in [-0.1, -0.05) is 12.1 Å². The Morgan fingerprint density at radius 3 is 2.62 bits per heavy atom. The number of carbonyl (C=O) groups is 2. The van der Waals surface area contributed by atoms with Crippen LogP contribution in [0.15, 0.2) is 24.3 Å². The number of nitrogens with one attached hydrogen (secondary N) is 1. The van der Waals surface area contributed by atoms with Crippen LogP contribution in [0.3, 0.4) is 0 Å². The summed E-state index contributed by atoms with van der Waals surface area (Å²) < 4.78 is 5.07. The van der Waals surface area contributed by atoms with E-state index in [1.807, 2.05) is 0 Å². The molecule has 1 aromatic carbocycles. The van der Waals surface area contributed by atoms with Gasteiger partial charge in [-0.15, -0.1) is 0 Å². The maximum Gasteiger partial charge on any atom is 0.255 e. The largest absolute Gasteiger partial charge is 0.496 e. The normalized spacial score (nSPS) is 9.62. The van der Waals surface area contributed by atoms with Crippen LogP contribution >= 0.6 is 0 Å². The van der Waals surface area contributed by atoms with Gasteiger partial charge in [0.15, 0.2) is 0 Å². The van der Waals surface area contributed by atoms with Crippen molar-refractivity contribution in [2.75, 3.05) is 13.7 Å². The number of ketones is 1. The number of benzene rings is 1. The molecular formula is C12H15NO3. The number of para-hydroxylation sites is 1. The number of rotatable bonds is 5. The number of Topliss-reactive ketones (excluding diaryl/α,β-unsaturated/α-hetero) is 1. The van der Waals surface area contributed by atoms with Crippen molar-refractivity contribution in [3.63, 3.8) is 0 Å². The average Bonchev–Trinajstić information content (AvgIpc) is 2.28. The summed E-state index contributed by atoms with van der Waals surface area (Å²) in [6.45, 7) is 1.85. The van der Waals surface area contributed by atoms with E-state index in [0.717, 1.165) is 0 Å². The zero-order chi connectivity index (χ0) is 12.0. The first-order chi connectivity index (χ1) is 7.65. The summed E-state index contributed by atoms with van der Waals surface area (Å²) in [4.78, 5) is 22.4. The van der Waals surface area contributed by atoms with Gasteiger partial charge in [0.2, 0.25) is 0 Å². The molecule has 1 aromatic rings. The number of amides is 1. The minimum Gasteiger partial charge on any atom is -0.496 e. The minimum absolute atomic E-state index is 0.0559. The maximum atomic E-state index is 11.7. The molecule has 4 nitrogen and oxygen atoms in total. The van der Waals surface area contributed by atoms with Crippen LogP contribution in [0.4, 0.5) is 0 Å². The SMILES string of the molecule is COc1ccccc1C(=O)NCCC(C)=O. The Morgan fingerprint density at radius 1 is 1.31 bits per heavy atom. The Morgan fingerprint density at radius 2 is 2.00 bits per heavy atom. The molecule has 0 aliphatic rings. The highest BCUT2D eigenvalue weighted by molar-refractivity contribution is 5.97. The van der Waals surface area contributed by atoms with Crippen LogP contribution < -0.4 is 10.1 Å². The van der Waals surface area contributed by atoms with E-state index < -0.39 is 0 Å². The minimum atomic E-state index is -0.223. The fourth-order valence-electron chi connectivity index (χ4n) is 1.28. The second-order valence-corrected chi connectivity index (χ2v) is 3.41. The van der Waals surface area contributed by atoms with Gasteiger partial charge in [0.1, 0.15) is 11.5 Å². The van der Waals surface area contributed by atoms with Crippen molar-refractivity contribution in [1.82, 2.24) is 5.32 Å². The van der Waals surface area contributed by atoms with Crippen molar-refractivity contribution in [1.29, 1.82) is 0 Å². The molecular weight excluding hydrogens is 206 g/mol. The standard InChI is InChI=1S/C12H15NO3/c1-9(14)7-8-13-12(15)10-5-3-4-6-11(10)16-2/h3-6H,7-8H2,1-2H3,(H,13,15). The van der Waals surface area contributed by atoms with Crippen molar-refractivity contribution in [3.8, 4) is 5.75 Å². The van der Waals surface area contributed by atoms with Crippen LogP contribution in [0, 0.1) is 0 Å². The fraction of sp³-hybridized carbons (Fsp3) is 0.333. The predicted molar refractivity (Wildman–Crippen MR) is 60.6 cm³/mol. The van der Waals surface area contributed by atoms with Crippen LogP contribution in [-0.4, -0.2) is 25.3 Å². The highest BCUT2D eigenvalue weighted by Gasteiger charge is 2.10. The highest BCUT2D eigenvalue weighted by Crippen LogP contribution is 2.16. The smallest absolute Gasteiger partial charge is 0.255 e. The average molecular weight is 221 g/mol. The van der Waals surface area contributed by atoms with E-state index in [2.05, 4.69) is 5.32 Å². The second kappa shape index (κ2) is 5.90. The molecule has 1 amide bonds. The molecule has 4 heteroatoms. The molecule has 0 saturated carbocycles. The lowest BCUT2D eigenvalue weighted by molar-refractivity contribution is -0.116. The van der Waals surface area contributed by atoms with Crippen LogP contribution in [-0.2, 0) is 4.79 Å². The molecule has 0 aliphatic heterocycles. The molecule has 1 rings (SSSR count). The van der Waals surface area contributed by atoms with Crippen molar-refractivity contribution in [3.05, 3.63) is 29.8 Å². The van der Waals surface area contributed by atoms with Crippen molar-refractivity contribution < 1.29 is 14.3 Å². The lowest BCUT2D eigenvalue weighted by Gasteiger charge is -2.08. The molecule has 0 bridgehead atoms. The van der Waals surface area contributed by atoms with E-state index >= 15 is 0 Å². The fourth-order valence-corrected chi connectivity index (χ4v) is 1.28. The molecule has 0 radical (unpaired) electrons. The monoisotopic (exact) mass is 221 g/mol. The summed E-state index contributed by atoms with van der Waals surface area (Å²) in [6.07, 6.45) is 0.348. The summed E-state index contributed by atoms with van der Waals surface area (Å²) in [6, 6.07) is 6.97. The van der Waals surface area contributed by atoms with Gasteiger partial charge in [-0.2, -0.15) is 0 Å². The molecule has 16 heavy (non-hydrogen) atoms. The topological polar surface area (TPSA) is 55.4 Å². The Kier molecular flexibility index (Phi) is 4.51. The van der Waals surface area contributed by atoms with Crippen molar-refractivity contribution in [2.24, 2.45) is 0 Å². The Balaban J connectivity index is 2.62. The molecule has 0 aromatic heterocycles.